The van der Waals surface area contributed by atoms with Crippen LogP contribution in [0.15, 0.2) is 65.3 Å². The lowest BCUT2D eigenvalue weighted by molar-refractivity contribution is -0.350. The van der Waals surface area contributed by atoms with Crippen LogP contribution in [0.2, 0.25) is 0 Å². The number of hydrogen-bond acceptors (Lipinski definition) is 6. The summed E-state index contributed by atoms with van der Waals surface area (Å²) in [5.41, 5.74) is 3.76. The number of thioether (sulfide) groups is 1. The van der Waals surface area contributed by atoms with Gasteiger partial charge in [0, 0.05) is 23.8 Å². The van der Waals surface area contributed by atoms with Crippen LogP contribution in [0.3, 0.4) is 0 Å². The zero-order chi connectivity index (χ0) is 22.3. The lowest BCUT2D eigenvalue weighted by Crippen LogP contribution is -2.27. The number of hydrogen-bond donors (Lipinski definition) is 0. The van der Waals surface area contributed by atoms with Crippen molar-refractivity contribution >= 4 is 56.5 Å². The van der Waals surface area contributed by atoms with E-state index in [1.54, 1.807) is 0 Å². The second-order valence-electron chi connectivity index (χ2n) is 6.42. The number of thiocarbonyl (C=S) groups is 1. The molecule has 8 heteroatoms. The van der Waals surface area contributed by atoms with Gasteiger partial charge in [-0.3, -0.25) is 4.79 Å². The van der Waals surface area contributed by atoms with Crippen LogP contribution in [0, 0.1) is 0 Å². The van der Waals surface area contributed by atoms with Crippen molar-refractivity contribution in [3.05, 3.63) is 70.9 Å². The highest BCUT2D eigenvalue weighted by molar-refractivity contribution is 8.26. The summed E-state index contributed by atoms with van der Waals surface area (Å²) in [5.74, 6) is -0.379. The van der Waals surface area contributed by atoms with Gasteiger partial charge >= 0.3 is 0 Å². The fourth-order valence-electron chi connectivity index (χ4n) is 2.89. The second kappa shape index (κ2) is 11.4. The number of amides is 1. The SMILES string of the molecule is C=COON1C(=O)\C(=C(C)/C=C(C)/C=C(\Cl)c2ccc(N(CC)CC)cc2)SC1=S. The van der Waals surface area contributed by atoms with Gasteiger partial charge in [0.05, 0.1) is 4.91 Å². The van der Waals surface area contributed by atoms with Crippen molar-refractivity contribution in [3.63, 3.8) is 0 Å². The molecule has 0 bridgehead atoms. The highest BCUT2D eigenvalue weighted by atomic mass is 35.5. The summed E-state index contributed by atoms with van der Waals surface area (Å²) in [6, 6.07) is 8.16. The highest BCUT2D eigenvalue weighted by Crippen LogP contribution is 2.34. The molecule has 1 amide bonds. The maximum atomic E-state index is 12.5. The molecule has 160 valence electrons. The lowest BCUT2D eigenvalue weighted by Gasteiger charge is -2.21. The summed E-state index contributed by atoms with van der Waals surface area (Å²) in [6.45, 7) is 13.3. The van der Waals surface area contributed by atoms with Crippen LogP contribution in [0.25, 0.3) is 5.03 Å². The fourth-order valence-corrected chi connectivity index (χ4v) is 4.31. The number of carbonyl (C=O) groups is 1. The monoisotopic (exact) mass is 464 g/mol. The van der Waals surface area contributed by atoms with Gasteiger partial charge in [0.2, 0.25) is 0 Å². The van der Waals surface area contributed by atoms with E-state index in [-0.39, 0.29) is 10.2 Å². The van der Waals surface area contributed by atoms with Crippen LogP contribution in [0.5, 0.6) is 0 Å². The van der Waals surface area contributed by atoms with Gasteiger partial charge in [0.15, 0.2) is 4.32 Å². The van der Waals surface area contributed by atoms with Crippen molar-refractivity contribution in [2.24, 2.45) is 0 Å². The van der Waals surface area contributed by atoms with E-state index < -0.39 is 0 Å². The first-order valence-electron chi connectivity index (χ1n) is 9.44. The molecule has 1 saturated heterocycles. The van der Waals surface area contributed by atoms with Gasteiger partial charge in [-0.1, -0.05) is 53.1 Å². The molecule has 0 atom stereocenters. The number of hydroxylamine groups is 2. The van der Waals surface area contributed by atoms with E-state index in [2.05, 4.69) is 42.3 Å². The maximum absolute atomic E-state index is 12.5. The Morgan fingerprint density at radius 1 is 1.23 bits per heavy atom. The number of halogens is 1. The predicted molar refractivity (Wildman–Crippen MR) is 130 cm³/mol. The maximum Gasteiger partial charge on any atom is 0.293 e. The number of anilines is 1. The average molecular weight is 465 g/mol. The summed E-state index contributed by atoms with van der Waals surface area (Å²) in [7, 11) is 0. The Labute approximate surface area is 192 Å². The first kappa shape index (κ1) is 24.2. The molecule has 1 aliphatic rings. The molecular formula is C22H25ClN2O3S2. The van der Waals surface area contributed by atoms with Gasteiger partial charge in [-0.05, 0) is 74.8 Å². The summed E-state index contributed by atoms with van der Waals surface area (Å²) < 4.78 is 0.254. The Kier molecular flexibility index (Phi) is 9.17. The molecule has 1 aromatic carbocycles. The Morgan fingerprint density at radius 2 is 1.87 bits per heavy atom. The summed E-state index contributed by atoms with van der Waals surface area (Å²) in [5, 5.41) is 1.54. The fraction of sp³-hybridized carbons (Fsp3) is 0.273. The highest BCUT2D eigenvalue weighted by Gasteiger charge is 2.35. The molecule has 0 unspecified atom stereocenters. The van der Waals surface area contributed by atoms with Crippen LogP contribution >= 0.6 is 35.6 Å². The van der Waals surface area contributed by atoms with Crippen LogP contribution in [0.1, 0.15) is 33.3 Å². The van der Waals surface area contributed by atoms with Gasteiger partial charge in [0.25, 0.3) is 5.91 Å². The molecule has 1 aromatic rings. The molecule has 1 aliphatic heterocycles. The number of allylic oxidation sites excluding steroid dienone is 4. The minimum Gasteiger partial charge on any atom is -0.372 e. The molecule has 0 aromatic heterocycles. The summed E-state index contributed by atoms with van der Waals surface area (Å²) in [6.07, 6.45) is 4.82. The minimum atomic E-state index is -0.379. The zero-order valence-electron chi connectivity index (χ0n) is 17.5. The van der Waals surface area contributed by atoms with Gasteiger partial charge in [-0.2, -0.15) is 0 Å². The molecule has 30 heavy (non-hydrogen) atoms. The van der Waals surface area contributed by atoms with Crippen molar-refractivity contribution in [3.8, 4) is 0 Å². The van der Waals surface area contributed by atoms with E-state index >= 15 is 0 Å². The molecule has 0 saturated carbocycles. The van der Waals surface area contributed by atoms with Crippen molar-refractivity contribution in [1.82, 2.24) is 5.06 Å². The number of nitrogens with zero attached hydrogens (tertiary/aromatic N) is 2. The standard InChI is InChI=1S/C22H25ClN2O3S2/c1-6-24(7-2)18-11-9-17(10-12-18)19(23)14-15(4)13-16(5)20-21(26)25(22(29)30-20)28-27-8-3/h8-14H,3,6-7H2,1-2,4-5H3/b15-13+,19-14-,20-16+. The molecule has 5 nitrogen and oxygen atoms in total. The largest absolute Gasteiger partial charge is 0.372 e. The van der Waals surface area contributed by atoms with Crippen molar-refractivity contribution in [2.45, 2.75) is 27.7 Å². The van der Waals surface area contributed by atoms with Gasteiger partial charge in [-0.15, -0.1) is 5.06 Å². The normalized spacial score (nSPS) is 16.8. The average Bonchev–Trinajstić information content (AvgIpc) is 3.01. The molecular weight excluding hydrogens is 440 g/mol. The summed E-state index contributed by atoms with van der Waals surface area (Å²) >= 11 is 12.8. The van der Waals surface area contributed by atoms with Crippen molar-refractivity contribution in [1.29, 1.82) is 0 Å². The third-order valence-electron chi connectivity index (χ3n) is 4.35. The van der Waals surface area contributed by atoms with Crippen LogP contribution < -0.4 is 4.90 Å². The van der Waals surface area contributed by atoms with Crippen LogP contribution in [0.4, 0.5) is 5.69 Å². The van der Waals surface area contributed by atoms with E-state index in [0.29, 0.717) is 9.94 Å². The first-order valence-corrected chi connectivity index (χ1v) is 11.0. The third-order valence-corrected chi connectivity index (χ3v) is 6.13. The minimum absolute atomic E-state index is 0.254. The van der Waals surface area contributed by atoms with E-state index in [4.69, 9.17) is 28.8 Å². The van der Waals surface area contributed by atoms with Gasteiger partial charge < -0.3 is 9.79 Å². The Hall–Kier alpha value is -2.06. The van der Waals surface area contributed by atoms with Crippen molar-refractivity contribution in [2.75, 3.05) is 18.0 Å². The molecule has 0 spiro atoms. The molecule has 1 fully saturated rings. The zero-order valence-corrected chi connectivity index (χ0v) is 19.9. The van der Waals surface area contributed by atoms with Crippen LogP contribution in [-0.4, -0.2) is 28.4 Å². The number of carbonyl (C=O) groups excluding carboxylic acids is 1. The Balaban J connectivity index is 2.19. The van der Waals surface area contributed by atoms with E-state index in [1.165, 1.54) is 5.69 Å². The second-order valence-corrected chi connectivity index (χ2v) is 8.47. The summed E-state index contributed by atoms with van der Waals surface area (Å²) in [4.78, 5) is 24.7. The number of benzene rings is 1. The third kappa shape index (κ3) is 5.98. The molecule has 0 N–H and O–H groups in total. The Bertz CT molecular complexity index is 903. The first-order chi connectivity index (χ1) is 14.3. The van der Waals surface area contributed by atoms with Gasteiger partial charge in [0.1, 0.15) is 6.26 Å². The van der Waals surface area contributed by atoms with Gasteiger partial charge in [-0.25, -0.2) is 0 Å². The van der Waals surface area contributed by atoms with E-state index in [9.17, 15) is 4.79 Å². The molecule has 0 aliphatic carbocycles. The predicted octanol–water partition coefficient (Wildman–Crippen LogP) is 6.20. The molecule has 2 rings (SSSR count). The molecule has 0 radical (unpaired) electrons. The van der Waals surface area contributed by atoms with Crippen molar-refractivity contribution < 1.29 is 14.7 Å². The van der Waals surface area contributed by atoms with Crippen LogP contribution in [-0.2, 0) is 14.7 Å². The quantitative estimate of drug-likeness (QED) is 0.108. The lowest BCUT2D eigenvalue weighted by atomic mass is 10.1. The number of rotatable bonds is 9. The molecule has 1 heterocycles. The van der Waals surface area contributed by atoms with E-state index in [0.717, 1.165) is 52.9 Å². The smallest absolute Gasteiger partial charge is 0.293 e. The Morgan fingerprint density at radius 3 is 2.43 bits per heavy atom. The van der Waals surface area contributed by atoms with E-state index in [1.807, 2.05) is 38.1 Å². The topological polar surface area (TPSA) is 42.0 Å².